The lowest BCUT2D eigenvalue weighted by atomic mass is 9.93. The number of rotatable bonds is 3. The van der Waals surface area contributed by atoms with Gasteiger partial charge in [-0.15, -0.1) is 0 Å². The minimum Gasteiger partial charge on any atom is -0.390 e. The summed E-state index contributed by atoms with van der Waals surface area (Å²) in [6, 6.07) is 6.41. The molecule has 0 radical (unpaired) electrons. The Morgan fingerprint density at radius 1 is 1.39 bits per heavy atom. The van der Waals surface area contributed by atoms with Gasteiger partial charge in [0.2, 0.25) is 0 Å². The fourth-order valence-corrected chi connectivity index (χ4v) is 2.83. The summed E-state index contributed by atoms with van der Waals surface area (Å²) in [4.78, 5) is 2.37. The minimum atomic E-state index is -0.491. The molecule has 0 unspecified atom stereocenters. The van der Waals surface area contributed by atoms with E-state index in [1.807, 2.05) is 14.0 Å². The predicted octanol–water partition coefficient (Wildman–Crippen LogP) is 2.52. The lowest BCUT2D eigenvalue weighted by molar-refractivity contribution is 0.0351. The highest BCUT2D eigenvalue weighted by Crippen LogP contribution is 2.30. The van der Waals surface area contributed by atoms with Crippen molar-refractivity contribution in [3.8, 4) is 0 Å². The molecule has 4 heteroatoms. The highest BCUT2D eigenvalue weighted by molar-refractivity contribution is 9.10. The van der Waals surface area contributed by atoms with E-state index in [4.69, 9.17) is 0 Å². The van der Waals surface area contributed by atoms with Gasteiger partial charge in [-0.3, -0.25) is 0 Å². The number of nitrogens with one attached hydrogen (secondary N) is 1. The zero-order chi connectivity index (χ0) is 13.2. The van der Waals surface area contributed by atoms with Crippen LogP contribution in [0.15, 0.2) is 22.7 Å². The predicted molar refractivity (Wildman–Crippen MR) is 79.0 cm³/mol. The van der Waals surface area contributed by atoms with Crippen molar-refractivity contribution in [2.45, 2.75) is 31.9 Å². The number of nitrogens with zero attached hydrogens (tertiary/aromatic N) is 1. The van der Waals surface area contributed by atoms with Crippen molar-refractivity contribution in [3.05, 3.63) is 28.2 Å². The van der Waals surface area contributed by atoms with Crippen LogP contribution in [-0.2, 0) is 6.54 Å². The number of hydrogen-bond acceptors (Lipinski definition) is 3. The summed E-state index contributed by atoms with van der Waals surface area (Å²) in [5, 5.41) is 13.2. The Kier molecular flexibility index (Phi) is 4.30. The van der Waals surface area contributed by atoms with Crippen LogP contribution < -0.4 is 10.2 Å². The first-order valence-corrected chi connectivity index (χ1v) is 7.21. The van der Waals surface area contributed by atoms with Crippen molar-refractivity contribution >= 4 is 21.6 Å². The maximum absolute atomic E-state index is 10.0. The van der Waals surface area contributed by atoms with Crippen molar-refractivity contribution in [2.75, 3.05) is 25.0 Å². The summed E-state index contributed by atoms with van der Waals surface area (Å²) in [7, 11) is 1.96. The molecule has 0 bridgehead atoms. The Bertz CT molecular complexity index is 410. The van der Waals surface area contributed by atoms with Crippen LogP contribution in [0.25, 0.3) is 0 Å². The molecule has 100 valence electrons. The number of hydrogen-bond donors (Lipinski definition) is 2. The Morgan fingerprint density at radius 3 is 2.67 bits per heavy atom. The fourth-order valence-electron chi connectivity index (χ4n) is 2.42. The second-order valence-electron chi connectivity index (χ2n) is 5.29. The Hall–Kier alpha value is -0.580. The first kappa shape index (κ1) is 13.8. The molecule has 2 rings (SSSR count). The lowest BCUT2D eigenvalue weighted by Crippen LogP contribution is -2.42. The number of piperidine rings is 1. The van der Waals surface area contributed by atoms with Crippen LogP contribution in [0.1, 0.15) is 25.3 Å². The molecule has 0 amide bonds. The van der Waals surface area contributed by atoms with Gasteiger partial charge < -0.3 is 15.3 Å². The van der Waals surface area contributed by atoms with E-state index in [1.54, 1.807) is 0 Å². The summed E-state index contributed by atoms with van der Waals surface area (Å²) in [6.45, 7) is 4.64. The molecular weight excluding hydrogens is 292 g/mol. The SMILES string of the molecule is CNCc1cc(Br)ccc1N1CCC(C)(O)CC1. The Balaban J connectivity index is 2.18. The maximum Gasteiger partial charge on any atom is 0.0653 e. The third-order valence-electron chi connectivity index (χ3n) is 3.59. The molecule has 0 aliphatic carbocycles. The van der Waals surface area contributed by atoms with E-state index >= 15 is 0 Å². The van der Waals surface area contributed by atoms with E-state index in [1.165, 1.54) is 11.3 Å². The van der Waals surface area contributed by atoms with E-state index in [2.05, 4.69) is 44.3 Å². The average Bonchev–Trinajstić information content (AvgIpc) is 2.31. The summed E-state index contributed by atoms with van der Waals surface area (Å²) in [5.41, 5.74) is 2.09. The molecule has 1 aromatic carbocycles. The van der Waals surface area contributed by atoms with Gasteiger partial charge in [0.15, 0.2) is 0 Å². The Labute approximate surface area is 117 Å². The molecular formula is C14H21BrN2O. The van der Waals surface area contributed by atoms with Crippen LogP contribution in [0.4, 0.5) is 5.69 Å². The Morgan fingerprint density at radius 2 is 2.06 bits per heavy atom. The van der Waals surface area contributed by atoms with Crippen LogP contribution in [0.3, 0.4) is 0 Å². The normalized spacial score (nSPS) is 19.0. The quantitative estimate of drug-likeness (QED) is 0.900. The molecule has 0 saturated carbocycles. The van der Waals surface area contributed by atoms with Crippen molar-refractivity contribution in [3.63, 3.8) is 0 Å². The van der Waals surface area contributed by atoms with Crippen LogP contribution in [-0.4, -0.2) is 30.8 Å². The number of aliphatic hydroxyl groups is 1. The van der Waals surface area contributed by atoms with Gasteiger partial charge in [0.05, 0.1) is 5.60 Å². The molecule has 1 saturated heterocycles. The molecule has 1 aliphatic heterocycles. The van der Waals surface area contributed by atoms with Crippen molar-refractivity contribution in [1.29, 1.82) is 0 Å². The van der Waals surface area contributed by atoms with Crippen LogP contribution in [0.5, 0.6) is 0 Å². The van der Waals surface area contributed by atoms with E-state index in [-0.39, 0.29) is 0 Å². The molecule has 2 N–H and O–H groups in total. The van der Waals surface area contributed by atoms with E-state index in [0.717, 1.165) is 36.9 Å². The summed E-state index contributed by atoms with van der Waals surface area (Å²) in [5.74, 6) is 0. The highest BCUT2D eigenvalue weighted by Gasteiger charge is 2.28. The van der Waals surface area contributed by atoms with E-state index in [9.17, 15) is 5.11 Å². The maximum atomic E-state index is 10.0. The van der Waals surface area contributed by atoms with Crippen LogP contribution >= 0.6 is 15.9 Å². The second kappa shape index (κ2) is 5.59. The van der Waals surface area contributed by atoms with Gasteiger partial charge in [0.25, 0.3) is 0 Å². The van der Waals surface area contributed by atoms with Crippen LogP contribution in [0.2, 0.25) is 0 Å². The first-order valence-electron chi connectivity index (χ1n) is 6.42. The van der Waals surface area contributed by atoms with Gasteiger partial charge >= 0.3 is 0 Å². The largest absolute Gasteiger partial charge is 0.390 e. The molecule has 1 heterocycles. The second-order valence-corrected chi connectivity index (χ2v) is 6.20. The molecule has 0 aromatic heterocycles. The van der Waals surface area contributed by atoms with Crippen molar-refractivity contribution in [1.82, 2.24) is 5.32 Å². The fraction of sp³-hybridized carbons (Fsp3) is 0.571. The van der Waals surface area contributed by atoms with Crippen molar-refractivity contribution < 1.29 is 5.11 Å². The van der Waals surface area contributed by atoms with Gasteiger partial charge in [0.1, 0.15) is 0 Å². The zero-order valence-corrected chi connectivity index (χ0v) is 12.6. The molecule has 1 aromatic rings. The summed E-state index contributed by atoms with van der Waals surface area (Å²) < 4.78 is 1.11. The van der Waals surface area contributed by atoms with Crippen molar-refractivity contribution in [2.24, 2.45) is 0 Å². The molecule has 1 fully saturated rings. The average molecular weight is 313 g/mol. The topological polar surface area (TPSA) is 35.5 Å². The van der Waals surface area contributed by atoms with Gasteiger partial charge in [-0.25, -0.2) is 0 Å². The zero-order valence-electron chi connectivity index (χ0n) is 11.0. The highest BCUT2D eigenvalue weighted by atomic mass is 79.9. The molecule has 18 heavy (non-hydrogen) atoms. The van der Waals surface area contributed by atoms with Gasteiger partial charge in [0, 0.05) is 29.8 Å². The van der Waals surface area contributed by atoms with Gasteiger partial charge in [-0.05, 0) is 50.6 Å². The molecule has 3 nitrogen and oxygen atoms in total. The lowest BCUT2D eigenvalue weighted by Gasteiger charge is -2.38. The van der Waals surface area contributed by atoms with Gasteiger partial charge in [-0.2, -0.15) is 0 Å². The standard InChI is InChI=1S/C14H21BrN2O/c1-14(18)5-7-17(8-6-14)13-4-3-12(15)9-11(13)10-16-2/h3-4,9,16,18H,5-8,10H2,1-2H3. The molecule has 0 atom stereocenters. The third kappa shape index (κ3) is 3.25. The van der Waals surface area contributed by atoms with E-state index in [0.29, 0.717) is 0 Å². The third-order valence-corrected chi connectivity index (χ3v) is 4.08. The van der Waals surface area contributed by atoms with Gasteiger partial charge in [-0.1, -0.05) is 15.9 Å². The molecule has 1 aliphatic rings. The minimum absolute atomic E-state index is 0.491. The number of anilines is 1. The summed E-state index contributed by atoms with van der Waals surface area (Å²) >= 11 is 3.52. The summed E-state index contributed by atoms with van der Waals surface area (Å²) in [6.07, 6.45) is 1.67. The smallest absolute Gasteiger partial charge is 0.0653 e. The first-order chi connectivity index (χ1) is 8.52. The van der Waals surface area contributed by atoms with Crippen LogP contribution in [0, 0.1) is 0 Å². The van der Waals surface area contributed by atoms with E-state index < -0.39 is 5.60 Å². The number of benzene rings is 1. The monoisotopic (exact) mass is 312 g/mol. The molecule has 0 spiro atoms. The number of halogens is 1.